The van der Waals surface area contributed by atoms with E-state index in [9.17, 15) is 19.2 Å². The Balaban J connectivity index is 1.82. The average molecular weight is 867 g/mol. The van der Waals surface area contributed by atoms with Crippen LogP contribution in [0.3, 0.4) is 0 Å². The molecular weight excluding hydrogens is 801 g/mol. The fourth-order valence-electron chi connectivity index (χ4n) is 6.52. The number of esters is 4. The van der Waals surface area contributed by atoms with Gasteiger partial charge in [-0.25, -0.2) is 14.4 Å². The van der Waals surface area contributed by atoms with Gasteiger partial charge in [-0.15, -0.1) is 0 Å². The van der Waals surface area contributed by atoms with Crippen LogP contribution in [0, 0.1) is 5.41 Å². The van der Waals surface area contributed by atoms with Crippen molar-refractivity contribution in [1.29, 1.82) is 0 Å². The first-order chi connectivity index (χ1) is 30.0. The molecule has 0 aromatic heterocycles. The zero-order valence-corrected chi connectivity index (χ0v) is 37.6. The Labute approximate surface area is 366 Å². The van der Waals surface area contributed by atoms with E-state index in [-0.39, 0.29) is 23.1 Å². The quantitative estimate of drug-likeness (QED) is 0.0342. The average Bonchev–Trinajstić information content (AvgIpc) is 3.31. The molecule has 0 saturated heterocycles. The molecule has 0 bridgehead atoms. The van der Waals surface area contributed by atoms with E-state index in [0.29, 0.717) is 40.9 Å². The van der Waals surface area contributed by atoms with Gasteiger partial charge in [0.25, 0.3) is 0 Å². The minimum atomic E-state index is -1.60. The van der Waals surface area contributed by atoms with Crippen molar-refractivity contribution in [1.82, 2.24) is 0 Å². The summed E-state index contributed by atoms with van der Waals surface area (Å²) in [6, 6.07) is 13.6. The lowest BCUT2D eigenvalue weighted by Gasteiger charge is -2.31. The Morgan fingerprint density at radius 2 is 0.629 bits per heavy atom. The fraction of sp³-hybridized carbons (Fsp3) is 0.542. The number of hydrogen-bond acceptors (Lipinski definition) is 14. The molecule has 0 amide bonds. The number of methoxy groups -OCH3 is 6. The molecule has 0 N–H and O–H groups in total. The van der Waals surface area contributed by atoms with Crippen LogP contribution in [-0.2, 0) is 23.7 Å². The maximum atomic E-state index is 13.6. The zero-order chi connectivity index (χ0) is 45.2. The fourth-order valence-corrected chi connectivity index (χ4v) is 6.52. The minimum Gasteiger partial charge on any atom is -0.497 e. The topological polar surface area (TPSA) is 161 Å². The number of benzene rings is 3. The summed E-state index contributed by atoms with van der Waals surface area (Å²) in [7, 11) is 8.67. The molecule has 342 valence electrons. The van der Waals surface area contributed by atoms with Crippen LogP contribution in [-0.4, -0.2) is 93.0 Å². The molecule has 14 heteroatoms. The van der Waals surface area contributed by atoms with Gasteiger partial charge in [0, 0.05) is 24.6 Å². The molecule has 0 aliphatic carbocycles. The van der Waals surface area contributed by atoms with E-state index in [1.165, 1.54) is 137 Å². The van der Waals surface area contributed by atoms with Crippen molar-refractivity contribution in [3.05, 3.63) is 71.3 Å². The summed E-state index contributed by atoms with van der Waals surface area (Å²) in [5.74, 6) is -0.832. The monoisotopic (exact) mass is 866 g/mol. The summed E-state index contributed by atoms with van der Waals surface area (Å²) >= 11 is 0. The van der Waals surface area contributed by atoms with Crippen molar-refractivity contribution in [2.24, 2.45) is 5.41 Å². The Morgan fingerprint density at radius 3 is 0.903 bits per heavy atom. The largest absolute Gasteiger partial charge is 0.497 e. The van der Waals surface area contributed by atoms with Gasteiger partial charge in [-0.2, -0.15) is 0 Å². The van der Waals surface area contributed by atoms with Gasteiger partial charge in [-0.1, -0.05) is 84.0 Å². The Bertz CT molecular complexity index is 1600. The molecule has 0 aliphatic rings. The second-order valence-corrected chi connectivity index (χ2v) is 15.2. The minimum absolute atomic E-state index is 0.0930. The lowest BCUT2D eigenvalue weighted by atomic mass is 9.92. The van der Waals surface area contributed by atoms with E-state index in [4.69, 9.17) is 47.4 Å². The predicted octanol–water partition coefficient (Wildman–Crippen LogP) is 9.62. The molecule has 3 rings (SSSR count). The third-order valence-corrected chi connectivity index (χ3v) is 10.3. The second-order valence-electron chi connectivity index (χ2n) is 15.2. The van der Waals surface area contributed by atoms with Gasteiger partial charge in [0.05, 0.1) is 59.3 Å². The van der Waals surface area contributed by atoms with Crippen LogP contribution in [0.25, 0.3) is 0 Å². The van der Waals surface area contributed by atoms with Crippen LogP contribution in [0.1, 0.15) is 128 Å². The van der Waals surface area contributed by atoms with E-state index in [1.807, 2.05) is 0 Å². The van der Waals surface area contributed by atoms with Crippen molar-refractivity contribution in [3.63, 3.8) is 0 Å². The van der Waals surface area contributed by atoms with Crippen LogP contribution in [0.2, 0.25) is 0 Å². The molecule has 14 nitrogen and oxygen atoms in total. The number of unbranched alkanes of at least 4 members (excludes halogenated alkanes) is 12. The van der Waals surface area contributed by atoms with Crippen LogP contribution in [0.4, 0.5) is 0 Å². The molecule has 3 aromatic rings. The van der Waals surface area contributed by atoms with Crippen molar-refractivity contribution in [2.75, 3.05) is 69.1 Å². The zero-order valence-electron chi connectivity index (χ0n) is 37.6. The van der Waals surface area contributed by atoms with Crippen molar-refractivity contribution >= 4 is 23.9 Å². The summed E-state index contributed by atoms with van der Waals surface area (Å²) in [5, 5.41) is 0. The summed E-state index contributed by atoms with van der Waals surface area (Å²) in [5.41, 5.74) is -1.32. The number of rotatable bonds is 31. The first-order valence-electron chi connectivity index (χ1n) is 21.4. The highest BCUT2D eigenvalue weighted by Gasteiger charge is 2.39. The summed E-state index contributed by atoms with van der Waals surface area (Å²) in [6.45, 7) is 0.250. The molecule has 0 heterocycles. The molecule has 0 atom stereocenters. The van der Waals surface area contributed by atoms with Gasteiger partial charge in [0.1, 0.15) is 66.3 Å². The van der Waals surface area contributed by atoms with E-state index in [1.54, 1.807) is 18.2 Å². The summed E-state index contributed by atoms with van der Waals surface area (Å²) in [4.78, 5) is 54.1. The highest BCUT2D eigenvalue weighted by molar-refractivity contribution is 5.92. The summed E-state index contributed by atoms with van der Waals surface area (Å²) < 4.78 is 55.3. The Morgan fingerprint density at radius 1 is 0.371 bits per heavy atom. The third kappa shape index (κ3) is 17.7. The number of carbonyl (C=O) groups is 4. The van der Waals surface area contributed by atoms with E-state index in [0.717, 1.165) is 19.3 Å². The Hall–Kier alpha value is -5.66. The first kappa shape index (κ1) is 50.7. The maximum Gasteiger partial charge on any atom is 0.338 e. The van der Waals surface area contributed by atoms with Gasteiger partial charge in [0.2, 0.25) is 0 Å². The highest BCUT2D eigenvalue weighted by atomic mass is 16.6. The highest BCUT2D eigenvalue weighted by Crippen LogP contribution is 2.29. The molecular formula is C48H66O14. The molecule has 3 aromatic carbocycles. The number of hydrogen-bond donors (Lipinski definition) is 0. The van der Waals surface area contributed by atoms with Gasteiger partial charge >= 0.3 is 23.9 Å². The first-order valence-corrected chi connectivity index (χ1v) is 21.4. The van der Waals surface area contributed by atoms with Crippen LogP contribution in [0.5, 0.6) is 34.5 Å². The SMILES string of the molecule is CCCCCCCCCCCCCCCC(=O)OCC(COC(=O)c1cc(OC)cc(OC)c1)(COC(=O)c1cc(OC)cc(OC)c1)COC(=O)c1cc(OC)cc(OC)c1. The van der Waals surface area contributed by atoms with Crippen molar-refractivity contribution in [2.45, 2.75) is 96.8 Å². The lowest BCUT2D eigenvalue weighted by molar-refractivity contribution is -0.151. The van der Waals surface area contributed by atoms with Gasteiger partial charge in [0.15, 0.2) is 0 Å². The molecule has 0 fully saturated rings. The Kier molecular flexibility index (Phi) is 22.9. The number of ether oxygens (including phenoxy) is 10. The van der Waals surface area contributed by atoms with E-state index >= 15 is 0 Å². The normalized spacial score (nSPS) is 11.0. The predicted molar refractivity (Wildman–Crippen MR) is 233 cm³/mol. The van der Waals surface area contributed by atoms with Crippen molar-refractivity contribution in [3.8, 4) is 34.5 Å². The van der Waals surface area contributed by atoms with Gasteiger partial charge in [-0.3, -0.25) is 4.79 Å². The van der Waals surface area contributed by atoms with E-state index < -0.39 is 55.7 Å². The smallest absolute Gasteiger partial charge is 0.338 e. The van der Waals surface area contributed by atoms with Crippen LogP contribution < -0.4 is 28.4 Å². The van der Waals surface area contributed by atoms with Crippen LogP contribution >= 0.6 is 0 Å². The molecule has 0 radical (unpaired) electrons. The lowest BCUT2D eigenvalue weighted by Crippen LogP contribution is -2.44. The van der Waals surface area contributed by atoms with E-state index in [2.05, 4.69) is 6.92 Å². The third-order valence-electron chi connectivity index (χ3n) is 10.3. The number of carbonyl (C=O) groups excluding carboxylic acids is 4. The van der Waals surface area contributed by atoms with Gasteiger partial charge in [-0.05, 0) is 42.8 Å². The maximum absolute atomic E-state index is 13.6. The molecule has 0 unspecified atom stereocenters. The van der Waals surface area contributed by atoms with Crippen molar-refractivity contribution < 1.29 is 66.5 Å². The van der Waals surface area contributed by atoms with Gasteiger partial charge < -0.3 is 47.4 Å². The molecule has 0 saturated carbocycles. The molecule has 0 aliphatic heterocycles. The molecule has 62 heavy (non-hydrogen) atoms. The summed E-state index contributed by atoms with van der Waals surface area (Å²) in [6.07, 6.45) is 15.2. The van der Waals surface area contributed by atoms with Crippen LogP contribution in [0.15, 0.2) is 54.6 Å². The standard InChI is InChI=1S/C48H66O14/c1-8-9-10-11-12-13-14-15-16-17-18-19-20-21-44(49)59-31-48(32-60-45(50)35-22-38(53-2)28-39(23-35)54-3,33-61-46(51)36-24-40(55-4)29-41(25-36)56-5)34-62-47(52)37-26-42(57-6)30-43(27-37)58-7/h22-30H,8-21,31-34H2,1-7H3. The second kappa shape index (κ2) is 28.0. The molecule has 0 spiro atoms.